The monoisotopic (exact) mass is 245 g/mol. The highest BCUT2D eigenvalue weighted by molar-refractivity contribution is 5.87. The molecule has 4 nitrogen and oxygen atoms in total. The molecule has 4 heteroatoms. The number of benzene rings is 1. The largest absolute Gasteiger partial charge is 0.506 e. The van der Waals surface area contributed by atoms with E-state index in [2.05, 4.69) is 27.9 Å². The smallest absolute Gasteiger partial charge is 0.139 e. The quantitative estimate of drug-likeness (QED) is 0.845. The van der Waals surface area contributed by atoms with Crippen molar-refractivity contribution in [3.8, 4) is 5.75 Å². The van der Waals surface area contributed by atoms with E-state index in [4.69, 9.17) is 0 Å². The molecule has 2 aromatic rings. The molecule has 0 spiro atoms. The number of rotatable bonds is 2. The molecule has 1 fully saturated rings. The molecule has 0 radical (unpaired) electrons. The van der Waals surface area contributed by atoms with Gasteiger partial charge in [-0.15, -0.1) is 0 Å². The van der Waals surface area contributed by atoms with Crippen LogP contribution in [-0.4, -0.2) is 53.1 Å². The highest BCUT2D eigenvalue weighted by atomic mass is 16.3. The number of hydrogen-bond acceptors (Lipinski definition) is 3. The molecule has 1 aliphatic heterocycles. The molecule has 96 valence electrons. The van der Waals surface area contributed by atoms with Gasteiger partial charge >= 0.3 is 0 Å². The molecule has 0 amide bonds. The number of para-hydroxylation sites is 1. The Morgan fingerprint density at radius 3 is 2.78 bits per heavy atom. The fourth-order valence-corrected chi connectivity index (χ4v) is 2.57. The molecular weight excluding hydrogens is 226 g/mol. The standard InChI is InChI=1S/C14H19N3O/c1-16-5-7-17(8-6-16)10-11-9-15-14-12(11)3-2-4-13(14)18/h2-4,9,15,18H,5-8,10H2,1H3. The molecule has 1 aromatic heterocycles. The van der Waals surface area contributed by atoms with E-state index in [1.807, 2.05) is 12.3 Å². The number of H-pyrrole nitrogens is 1. The summed E-state index contributed by atoms with van der Waals surface area (Å²) >= 11 is 0. The predicted octanol–water partition coefficient (Wildman–Crippen LogP) is 1.62. The van der Waals surface area contributed by atoms with Crippen molar-refractivity contribution < 1.29 is 5.11 Å². The first-order valence-corrected chi connectivity index (χ1v) is 6.43. The Morgan fingerprint density at radius 2 is 2.00 bits per heavy atom. The Kier molecular flexibility index (Phi) is 2.97. The summed E-state index contributed by atoms with van der Waals surface area (Å²) in [7, 11) is 2.17. The summed E-state index contributed by atoms with van der Waals surface area (Å²) in [5.41, 5.74) is 2.12. The fraction of sp³-hybridized carbons (Fsp3) is 0.429. The number of fused-ring (bicyclic) bond motifs is 1. The minimum Gasteiger partial charge on any atom is -0.506 e. The zero-order valence-corrected chi connectivity index (χ0v) is 10.7. The van der Waals surface area contributed by atoms with Crippen LogP contribution in [0.3, 0.4) is 0 Å². The van der Waals surface area contributed by atoms with Crippen LogP contribution in [0, 0.1) is 0 Å². The topological polar surface area (TPSA) is 42.5 Å². The number of nitrogens with one attached hydrogen (secondary N) is 1. The maximum absolute atomic E-state index is 9.77. The molecule has 0 atom stereocenters. The molecule has 0 bridgehead atoms. The van der Waals surface area contributed by atoms with Gasteiger partial charge in [-0.1, -0.05) is 12.1 Å². The SMILES string of the molecule is CN1CCN(Cc2c[nH]c3c(O)cccc23)CC1. The lowest BCUT2D eigenvalue weighted by Gasteiger charge is -2.32. The molecule has 2 N–H and O–H groups in total. The zero-order chi connectivity index (χ0) is 12.5. The van der Waals surface area contributed by atoms with Crippen molar-refractivity contribution in [2.45, 2.75) is 6.54 Å². The summed E-state index contributed by atoms with van der Waals surface area (Å²) in [4.78, 5) is 7.99. The third kappa shape index (κ3) is 2.09. The van der Waals surface area contributed by atoms with Crippen LogP contribution in [0.15, 0.2) is 24.4 Å². The van der Waals surface area contributed by atoms with Gasteiger partial charge in [0.2, 0.25) is 0 Å². The van der Waals surface area contributed by atoms with E-state index in [9.17, 15) is 5.11 Å². The molecule has 0 aliphatic carbocycles. The normalized spacial score (nSPS) is 18.5. The van der Waals surface area contributed by atoms with Crippen LogP contribution in [0.1, 0.15) is 5.56 Å². The first kappa shape index (κ1) is 11.6. The molecule has 0 unspecified atom stereocenters. The van der Waals surface area contributed by atoms with Gasteiger partial charge in [0, 0.05) is 44.3 Å². The predicted molar refractivity (Wildman–Crippen MR) is 72.7 cm³/mol. The summed E-state index contributed by atoms with van der Waals surface area (Å²) < 4.78 is 0. The van der Waals surface area contributed by atoms with Crippen molar-refractivity contribution in [1.82, 2.24) is 14.8 Å². The van der Waals surface area contributed by atoms with Crippen molar-refractivity contribution in [1.29, 1.82) is 0 Å². The van der Waals surface area contributed by atoms with Crippen molar-refractivity contribution in [3.05, 3.63) is 30.0 Å². The van der Waals surface area contributed by atoms with Gasteiger partial charge in [0.1, 0.15) is 5.75 Å². The van der Waals surface area contributed by atoms with Gasteiger partial charge in [0.15, 0.2) is 0 Å². The molecule has 1 aliphatic rings. The lowest BCUT2D eigenvalue weighted by molar-refractivity contribution is 0.148. The lowest BCUT2D eigenvalue weighted by Crippen LogP contribution is -2.43. The van der Waals surface area contributed by atoms with E-state index in [0.29, 0.717) is 5.75 Å². The van der Waals surface area contributed by atoms with Crippen LogP contribution in [0.2, 0.25) is 0 Å². The minimum absolute atomic E-state index is 0.331. The number of phenols is 1. The van der Waals surface area contributed by atoms with Gasteiger partial charge in [-0.05, 0) is 18.7 Å². The van der Waals surface area contributed by atoms with Crippen LogP contribution < -0.4 is 0 Å². The second-order valence-electron chi connectivity index (χ2n) is 5.09. The number of piperazine rings is 1. The Hall–Kier alpha value is -1.52. The highest BCUT2D eigenvalue weighted by Gasteiger charge is 2.15. The van der Waals surface area contributed by atoms with Crippen molar-refractivity contribution in [3.63, 3.8) is 0 Å². The molecular formula is C14H19N3O. The summed E-state index contributed by atoms with van der Waals surface area (Å²) in [6.07, 6.45) is 2.02. The first-order chi connectivity index (χ1) is 8.74. The lowest BCUT2D eigenvalue weighted by atomic mass is 10.1. The molecule has 3 rings (SSSR count). The summed E-state index contributed by atoms with van der Waals surface area (Å²) in [6.45, 7) is 5.45. The van der Waals surface area contributed by atoms with E-state index in [1.54, 1.807) is 6.07 Å². The van der Waals surface area contributed by atoms with Gasteiger partial charge in [-0.3, -0.25) is 4.90 Å². The first-order valence-electron chi connectivity index (χ1n) is 6.43. The highest BCUT2D eigenvalue weighted by Crippen LogP contribution is 2.26. The van der Waals surface area contributed by atoms with E-state index in [1.165, 1.54) is 5.56 Å². The maximum atomic E-state index is 9.77. The van der Waals surface area contributed by atoms with Crippen LogP contribution in [0.25, 0.3) is 10.9 Å². The number of phenolic OH excluding ortho intramolecular Hbond substituents is 1. The molecule has 2 heterocycles. The van der Waals surface area contributed by atoms with Crippen LogP contribution in [-0.2, 0) is 6.54 Å². The Labute approximate surface area is 107 Å². The van der Waals surface area contributed by atoms with Gasteiger partial charge in [0.05, 0.1) is 5.52 Å². The number of aromatic amines is 1. The second kappa shape index (κ2) is 4.63. The number of aromatic nitrogens is 1. The Balaban J connectivity index is 1.81. The van der Waals surface area contributed by atoms with Crippen LogP contribution in [0.5, 0.6) is 5.75 Å². The summed E-state index contributed by atoms with van der Waals surface area (Å²) in [5.74, 6) is 0.331. The summed E-state index contributed by atoms with van der Waals surface area (Å²) in [5, 5.41) is 10.9. The fourth-order valence-electron chi connectivity index (χ4n) is 2.57. The van der Waals surface area contributed by atoms with Gasteiger partial charge in [0.25, 0.3) is 0 Å². The van der Waals surface area contributed by atoms with Crippen LogP contribution >= 0.6 is 0 Å². The summed E-state index contributed by atoms with van der Waals surface area (Å²) in [6, 6.07) is 5.69. The van der Waals surface area contributed by atoms with Gasteiger partial charge in [-0.25, -0.2) is 0 Å². The average molecular weight is 245 g/mol. The number of nitrogens with zero attached hydrogens (tertiary/aromatic N) is 2. The number of hydrogen-bond donors (Lipinski definition) is 2. The van der Waals surface area contributed by atoms with Crippen LogP contribution in [0.4, 0.5) is 0 Å². The second-order valence-corrected chi connectivity index (χ2v) is 5.09. The van der Waals surface area contributed by atoms with E-state index < -0.39 is 0 Å². The Morgan fingerprint density at radius 1 is 1.22 bits per heavy atom. The molecule has 0 saturated carbocycles. The zero-order valence-electron chi connectivity index (χ0n) is 10.7. The Bertz CT molecular complexity index is 541. The van der Waals surface area contributed by atoms with Crippen molar-refractivity contribution >= 4 is 10.9 Å². The van der Waals surface area contributed by atoms with Gasteiger partial charge < -0.3 is 15.0 Å². The molecule has 1 saturated heterocycles. The number of likely N-dealkylation sites (N-methyl/N-ethyl adjacent to an activating group) is 1. The molecule has 1 aromatic carbocycles. The van der Waals surface area contributed by atoms with Crippen molar-refractivity contribution in [2.75, 3.05) is 33.2 Å². The van der Waals surface area contributed by atoms with Crippen molar-refractivity contribution in [2.24, 2.45) is 0 Å². The minimum atomic E-state index is 0.331. The van der Waals surface area contributed by atoms with E-state index >= 15 is 0 Å². The van der Waals surface area contributed by atoms with Gasteiger partial charge in [-0.2, -0.15) is 0 Å². The third-order valence-corrected chi connectivity index (χ3v) is 3.77. The van der Waals surface area contributed by atoms with E-state index in [0.717, 1.165) is 43.6 Å². The third-order valence-electron chi connectivity index (χ3n) is 3.77. The van der Waals surface area contributed by atoms with E-state index in [-0.39, 0.29) is 0 Å². The average Bonchev–Trinajstić information content (AvgIpc) is 2.77. The molecule has 18 heavy (non-hydrogen) atoms. The maximum Gasteiger partial charge on any atom is 0.139 e. The number of aromatic hydroxyl groups is 1.